The molecule has 7 nitrogen and oxygen atoms in total. The number of guanidine groups is 1. The molecule has 1 fully saturated rings. The number of nitrogens with zero attached hydrogens (tertiary/aromatic N) is 6. The lowest BCUT2D eigenvalue weighted by molar-refractivity contribution is 0.371. The van der Waals surface area contributed by atoms with E-state index in [1.807, 2.05) is 30.3 Å². The van der Waals surface area contributed by atoms with Gasteiger partial charge in [-0.3, -0.25) is 0 Å². The van der Waals surface area contributed by atoms with Gasteiger partial charge in [-0.25, -0.2) is 4.99 Å². The molecule has 0 bridgehead atoms. The van der Waals surface area contributed by atoms with Gasteiger partial charge >= 0.3 is 0 Å². The van der Waals surface area contributed by atoms with E-state index in [-0.39, 0.29) is 24.0 Å². The first-order valence-corrected chi connectivity index (χ1v) is 12.1. The zero-order valence-corrected chi connectivity index (χ0v) is 22.5. The predicted molar refractivity (Wildman–Crippen MR) is 143 cm³/mol. The number of aryl methyl sites for hydroxylation is 2. The van der Waals surface area contributed by atoms with Gasteiger partial charge in [-0.1, -0.05) is 12.1 Å². The Bertz CT molecular complexity index is 860. The fraction of sp³-hybridized carbons (Fsp3) is 0.591. The molecule has 9 heteroatoms. The fourth-order valence-corrected chi connectivity index (χ4v) is 4.09. The Morgan fingerprint density at radius 3 is 2.52 bits per heavy atom. The molecule has 1 saturated heterocycles. The molecule has 0 aliphatic carbocycles. The van der Waals surface area contributed by atoms with Crippen molar-refractivity contribution < 1.29 is 0 Å². The summed E-state index contributed by atoms with van der Waals surface area (Å²) in [5.74, 6) is 3.95. The lowest BCUT2D eigenvalue weighted by Crippen LogP contribution is -2.53. The standard InChI is InChI=1S/C22H35N7S.HI/c1-17-8-6-9-20(18(17)2)28-11-13-29(14-12-28)22(23-10-7-15-30-5)24-16-21-26-25-19(3)27(21)4;/h6,8-9H,7,10-16H2,1-5H3,(H,23,24);1H. The molecule has 1 aliphatic heterocycles. The van der Waals surface area contributed by atoms with Gasteiger partial charge in [0, 0.05) is 45.5 Å². The summed E-state index contributed by atoms with van der Waals surface area (Å²) >= 11 is 1.88. The number of benzene rings is 1. The minimum Gasteiger partial charge on any atom is -0.368 e. The predicted octanol–water partition coefficient (Wildman–Crippen LogP) is 3.38. The molecule has 0 radical (unpaired) electrons. The van der Waals surface area contributed by atoms with Crippen LogP contribution in [0.15, 0.2) is 23.2 Å². The summed E-state index contributed by atoms with van der Waals surface area (Å²) < 4.78 is 2.01. The third-order valence-electron chi connectivity index (χ3n) is 5.86. The van der Waals surface area contributed by atoms with E-state index >= 15 is 0 Å². The number of aliphatic imine (C=N–C) groups is 1. The van der Waals surface area contributed by atoms with E-state index in [9.17, 15) is 0 Å². The summed E-state index contributed by atoms with van der Waals surface area (Å²) in [5, 5.41) is 12.0. The van der Waals surface area contributed by atoms with Crippen molar-refractivity contribution in [1.29, 1.82) is 0 Å². The number of aromatic nitrogens is 3. The van der Waals surface area contributed by atoms with Crippen LogP contribution in [0.5, 0.6) is 0 Å². The Kier molecular flexibility index (Phi) is 10.4. The summed E-state index contributed by atoms with van der Waals surface area (Å²) in [6, 6.07) is 6.59. The molecule has 0 spiro atoms. The van der Waals surface area contributed by atoms with Crippen LogP contribution < -0.4 is 10.2 Å². The number of hydrogen-bond acceptors (Lipinski definition) is 5. The van der Waals surface area contributed by atoms with Gasteiger partial charge in [0.25, 0.3) is 0 Å². The van der Waals surface area contributed by atoms with E-state index in [0.717, 1.165) is 62.5 Å². The minimum atomic E-state index is 0. The summed E-state index contributed by atoms with van der Waals surface area (Å²) in [6.45, 7) is 11.8. The maximum atomic E-state index is 4.90. The molecule has 1 N–H and O–H groups in total. The van der Waals surface area contributed by atoms with Crippen LogP contribution in [-0.2, 0) is 13.6 Å². The molecule has 1 aliphatic rings. The van der Waals surface area contributed by atoms with E-state index in [2.05, 4.69) is 63.6 Å². The van der Waals surface area contributed by atoms with E-state index < -0.39 is 0 Å². The second-order valence-electron chi connectivity index (χ2n) is 7.83. The number of hydrogen-bond donors (Lipinski definition) is 1. The van der Waals surface area contributed by atoms with Crippen molar-refractivity contribution in [3.05, 3.63) is 41.0 Å². The molecule has 1 aromatic heterocycles. The first-order chi connectivity index (χ1) is 14.5. The van der Waals surface area contributed by atoms with Crippen LogP contribution in [0.1, 0.15) is 29.2 Å². The third-order valence-corrected chi connectivity index (χ3v) is 6.55. The van der Waals surface area contributed by atoms with Crippen LogP contribution in [0.25, 0.3) is 0 Å². The van der Waals surface area contributed by atoms with Crippen molar-refractivity contribution in [3.63, 3.8) is 0 Å². The fourth-order valence-electron chi connectivity index (χ4n) is 3.66. The average Bonchev–Trinajstić information content (AvgIpc) is 3.07. The number of piperazine rings is 1. The van der Waals surface area contributed by atoms with Gasteiger partial charge < -0.3 is 19.7 Å². The lowest BCUT2D eigenvalue weighted by atomic mass is 10.1. The molecular weight excluding hydrogens is 521 g/mol. The highest BCUT2D eigenvalue weighted by Gasteiger charge is 2.21. The largest absolute Gasteiger partial charge is 0.368 e. The Balaban J connectivity index is 0.00000341. The normalized spacial score (nSPS) is 14.5. The van der Waals surface area contributed by atoms with Crippen LogP contribution in [0.2, 0.25) is 0 Å². The molecular formula is C22H36IN7S. The SMILES string of the molecule is CSCCCNC(=NCc1nnc(C)n1C)N1CCN(c2cccc(C)c2C)CC1.I. The quantitative estimate of drug-likeness (QED) is 0.244. The van der Waals surface area contributed by atoms with E-state index in [4.69, 9.17) is 4.99 Å². The smallest absolute Gasteiger partial charge is 0.194 e. The van der Waals surface area contributed by atoms with Gasteiger partial charge in [0.1, 0.15) is 12.4 Å². The van der Waals surface area contributed by atoms with Crippen LogP contribution in [0.4, 0.5) is 5.69 Å². The second kappa shape index (κ2) is 12.5. The molecule has 0 saturated carbocycles. The summed E-state index contributed by atoms with van der Waals surface area (Å²) in [7, 11) is 1.99. The number of nitrogens with one attached hydrogen (secondary N) is 1. The number of anilines is 1. The average molecular weight is 558 g/mol. The van der Waals surface area contributed by atoms with Crippen LogP contribution >= 0.6 is 35.7 Å². The number of thioether (sulfide) groups is 1. The highest BCUT2D eigenvalue weighted by atomic mass is 127. The highest BCUT2D eigenvalue weighted by molar-refractivity contribution is 14.0. The van der Waals surface area contributed by atoms with Crippen molar-refractivity contribution in [2.45, 2.75) is 33.7 Å². The number of halogens is 1. The van der Waals surface area contributed by atoms with E-state index in [1.54, 1.807) is 0 Å². The van der Waals surface area contributed by atoms with Gasteiger partial charge in [-0.15, -0.1) is 34.2 Å². The van der Waals surface area contributed by atoms with Gasteiger partial charge in [0.15, 0.2) is 11.8 Å². The zero-order chi connectivity index (χ0) is 21.5. The summed E-state index contributed by atoms with van der Waals surface area (Å²) in [5.41, 5.74) is 4.09. The Hall–Kier alpha value is -1.49. The Morgan fingerprint density at radius 2 is 1.87 bits per heavy atom. The molecule has 31 heavy (non-hydrogen) atoms. The van der Waals surface area contributed by atoms with Gasteiger partial charge in [-0.05, 0) is 56.4 Å². The summed E-state index contributed by atoms with van der Waals surface area (Å²) in [4.78, 5) is 9.78. The lowest BCUT2D eigenvalue weighted by Gasteiger charge is -2.38. The monoisotopic (exact) mass is 557 g/mol. The van der Waals surface area contributed by atoms with Crippen molar-refractivity contribution in [3.8, 4) is 0 Å². The second-order valence-corrected chi connectivity index (χ2v) is 8.81. The van der Waals surface area contributed by atoms with Crippen molar-refractivity contribution in [2.24, 2.45) is 12.0 Å². The van der Waals surface area contributed by atoms with Crippen molar-refractivity contribution in [2.75, 3.05) is 49.6 Å². The van der Waals surface area contributed by atoms with Crippen LogP contribution in [-0.4, -0.2) is 70.4 Å². The first kappa shape index (κ1) is 25.8. The van der Waals surface area contributed by atoms with Gasteiger partial charge in [0.2, 0.25) is 0 Å². The van der Waals surface area contributed by atoms with Gasteiger partial charge in [0.05, 0.1) is 0 Å². The molecule has 1 aromatic carbocycles. The summed E-state index contributed by atoms with van der Waals surface area (Å²) in [6.07, 6.45) is 3.28. The zero-order valence-electron chi connectivity index (χ0n) is 19.4. The minimum absolute atomic E-state index is 0. The van der Waals surface area contributed by atoms with Crippen LogP contribution in [0, 0.1) is 20.8 Å². The maximum Gasteiger partial charge on any atom is 0.194 e. The van der Waals surface area contributed by atoms with Crippen LogP contribution in [0.3, 0.4) is 0 Å². The van der Waals surface area contributed by atoms with Crippen molar-refractivity contribution >= 4 is 47.4 Å². The molecule has 3 rings (SSSR count). The molecule has 2 aromatic rings. The third kappa shape index (κ3) is 6.74. The number of rotatable bonds is 7. The Morgan fingerprint density at radius 1 is 1.13 bits per heavy atom. The van der Waals surface area contributed by atoms with Gasteiger partial charge in [-0.2, -0.15) is 11.8 Å². The topological polar surface area (TPSA) is 61.6 Å². The molecule has 0 unspecified atom stereocenters. The maximum absolute atomic E-state index is 4.90. The van der Waals surface area contributed by atoms with E-state index in [0.29, 0.717) is 6.54 Å². The molecule has 2 heterocycles. The molecule has 0 atom stereocenters. The first-order valence-electron chi connectivity index (χ1n) is 10.7. The Labute approximate surface area is 208 Å². The molecule has 172 valence electrons. The van der Waals surface area contributed by atoms with E-state index in [1.165, 1.54) is 16.8 Å². The molecule has 0 amide bonds. The highest BCUT2D eigenvalue weighted by Crippen LogP contribution is 2.23. The van der Waals surface area contributed by atoms with Crippen molar-refractivity contribution in [1.82, 2.24) is 25.0 Å².